The molecule has 0 radical (unpaired) electrons. The van der Waals surface area contributed by atoms with E-state index in [-0.39, 0.29) is 11.3 Å². The van der Waals surface area contributed by atoms with Gasteiger partial charge in [0.25, 0.3) is 5.91 Å². The molecule has 18 heavy (non-hydrogen) atoms. The Balaban J connectivity index is 1.92. The Morgan fingerprint density at radius 2 is 2.17 bits per heavy atom. The van der Waals surface area contributed by atoms with Gasteiger partial charge in [-0.05, 0) is 72.1 Å². The predicted molar refractivity (Wildman–Crippen MR) is 81.7 cm³/mol. The van der Waals surface area contributed by atoms with Crippen LogP contribution in [0.25, 0.3) is 0 Å². The smallest absolute Gasteiger partial charge is 0.251 e. The van der Waals surface area contributed by atoms with Crippen LogP contribution in [0.2, 0.25) is 0 Å². The van der Waals surface area contributed by atoms with Gasteiger partial charge in [0.15, 0.2) is 0 Å². The number of nitrogens with one attached hydrogen (secondary N) is 2. The van der Waals surface area contributed by atoms with Crippen LogP contribution in [-0.2, 0) is 0 Å². The first-order valence-corrected chi connectivity index (χ1v) is 7.41. The van der Waals surface area contributed by atoms with Crippen LogP contribution in [0, 0.1) is 8.99 Å². The number of piperidine rings is 1. The third-order valence-electron chi connectivity index (χ3n) is 3.57. The van der Waals surface area contributed by atoms with E-state index in [4.69, 9.17) is 0 Å². The van der Waals surface area contributed by atoms with E-state index in [2.05, 4.69) is 40.1 Å². The van der Waals surface area contributed by atoms with Gasteiger partial charge in [-0.25, -0.2) is 0 Å². The van der Waals surface area contributed by atoms with Crippen LogP contribution in [0.3, 0.4) is 0 Å². The minimum absolute atomic E-state index is 0.0354. The number of halogens is 1. The summed E-state index contributed by atoms with van der Waals surface area (Å²) in [7, 11) is 0. The Morgan fingerprint density at radius 3 is 2.83 bits per heavy atom. The first-order valence-electron chi connectivity index (χ1n) is 6.34. The molecular formula is C14H19IN2O. The summed E-state index contributed by atoms with van der Waals surface area (Å²) in [6, 6.07) is 7.69. The quantitative estimate of drug-likeness (QED) is 0.815. The van der Waals surface area contributed by atoms with Crippen LogP contribution in [0.1, 0.15) is 30.1 Å². The maximum Gasteiger partial charge on any atom is 0.251 e. The Hall–Kier alpha value is -0.620. The van der Waals surface area contributed by atoms with E-state index in [1.165, 1.54) is 0 Å². The lowest BCUT2D eigenvalue weighted by Gasteiger charge is -2.34. The highest BCUT2D eigenvalue weighted by Gasteiger charge is 2.27. The third-order valence-corrected chi connectivity index (χ3v) is 4.24. The highest BCUT2D eigenvalue weighted by atomic mass is 127. The second-order valence-electron chi connectivity index (χ2n) is 5.25. The summed E-state index contributed by atoms with van der Waals surface area (Å²) in [6.07, 6.45) is 2.25. The maximum absolute atomic E-state index is 12.1. The number of carbonyl (C=O) groups is 1. The van der Waals surface area contributed by atoms with Gasteiger partial charge in [-0.1, -0.05) is 13.0 Å². The molecule has 0 atom stereocenters. The second-order valence-corrected chi connectivity index (χ2v) is 6.50. The molecule has 1 aliphatic heterocycles. The normalized spacial score (nSPS) is 18.3. The van der Waals surface area contributed by atoms with E-state index in [0.29, 0.717) is 0 Å². The lowest BCUT2D eigenvalue weighted by atomic mass is 9.81. The molecule has 1 heterocycles. The van der Waals surface area contributed by atoms with Crippen molar-refractivity contribution in [3.8, 4) is 0 Å². The number of amides is 1. The number of hydrogen-bond acceptors (Lipinski definition) is 2. The summed E-state index contributed by atoms with van der Waals surface area (Å²) in [5.41, 5.74) is 0.988. The van der Waals surface area contributed by atoms with E-state index in [0.717, 1.165) is 41.6 Å². The lowest BCUT2D eigenvalue weighted by molar-refractivity contribution is 0.0922. The van der Waals surface area contributed by atoms with Gasteiger partial charge in [-0.15, -0.1) is 0 Å². The monoisotopic (exact) mass is 358 g/mol. The first-order chi connectivity index (χ1) is 8.59. The van der Waals surface area contributed by atoms with Gasteiger partial charge in [0, 0.05) is 15.7 Å². The molecular weight excluding hydrogens is 339 g/mol. The van der Waals surface area contributed by atoms with Crippen molar-refractivity contribution in [3.05, 3.63) is 33.4 Å². The van der Waals surface area contributed by atoms with E-state index in [1.54, 1.807) is 0 Å². The highest BCUT2D eigenvalue weighted by molar-refractivity contribution is 14.1. The molecule has 98 valence electrons. The van der Waals surface area contributed by atoms with Gasteiger partial charge in [0.05, 0.1) is 0 Å². The maximum atomic E-state index is 12.1. The Kier molecular flexibility index (Phi) is 4.61. The van der Waals surface area contributed by atoms with Gasteiger partial charge in [-0.2, -0.15) is 0 Å². The summed E-state index contributed by atoms with van der Waals surface area (Å²) >= 11 is 2.22. The van der Waals surface area contributed by atoms with Crippen molar-refractivity contribution in [2.75, 3.05) is 19.6 Å². The molecule has 1 aromatic rings. The van der Waals surface area contributed by atoms with E-state index >= 15 is 0 Å². The summed E-state index contributed by atoms with van der Waals surface area (Å²) in [6.45, 7) is 5.12. The van der Waals surface area contributed by atoms with Crippen LogP contribution in [0.5, 0.6) is 0 Å². The average Bonchev–Trinajstić information content (AvgIpc) is 2.37. The molecule has 2 rings (SSSR count). The summed E-state index contributed by atoms with van der Waals surface area (Å²) in [5.74, 6) is 0.0354. The van der Waals surface area contributed by atoms with Gasteiger partial charge >= 0.3 is 0 Å². The van der Waals surface area contributed by atoms with Crippen LogP contribution in [-0.4, -0.2) is 25.5 Å². The molecule has 1 amide bonds. The fourth-order valence-corrected chi connectivity index (χ4v) is 2.78. The van der Waals surface area contributed by atoms with Crippen LogP contribution < -0.4 is 10.6 Å². The van der Waals surface area contributed by atoms with Crippen LogP contribution in [0.15, 0.2) is 24.3 Å². The molecule has 0 aromatic heterocycles. The Labute approximate surface area is 122 Å². The van der Waals surface area contributed by atoms with Gasteiger partial charge in [0.2, 0.25) is 0 Å². The average molecular weight is 358 g/mol. The fourth-order valence-electron chi connectivity index (χ4n) is 2.23. The zero-order valence-electron chi connectivity index (χ0n) is 10.6. The van der Waals surface area contributed by atoms with Crippen molar-refractivity contribution >= 4 is 28.5 Å². The van der Waals surface area contributed by atoms with Crippen LogP contribution >= 0.6 is 22.6 Å². The molecule has 1 aromatic carbocycles. The molecule has 4 heteroatoms. The zero-order valence-corrected chi connectivity index (χ0v) is 12.8. The largest absolute Gasteiger partial charge is 0.351 e. The number of rotatable bonds is 3. The molecule has 0 aliphatic carbocycles. The highest BCUT2D eigenvalue weighted by Crippen LogP contribution is 2.26. The van der Waals surface area contributed by atoms with E-state index in [1.807, 2.05) is 24.3 Å². The van der Waals surface area contributed by atoms with Gasteiger partial charge in [-0.3, -0.25) is 4.79 Å². The molecule has 0 spiro atoms. The minimum Gasteiger partial charge on any atom is -0.351 e. The molecule has 0 unspecified atom stereocenters. The summed E-state index contributed by atoms with van der Waals surface area (Å²) in [4.78, 5) is 12.1. The fraction of sp³-hybridized carbons (Fsp3) is 0.500. The van der Waals surface area contributed by atoms with Crippen molar-refractivity contribution in [3.63, 3.8) is 0 Å². The molecule has 0 bridgehead atoms. The number of carbonyl (C=O) groups excluding carboxylic acids is 1. The van der Waals surface area contributed by atoms with Crippen molar-refractivity contribution in [2.45, 2.75) is 19.8 Å². The van der Waals surface area contributed by atoms with Crippen molar-refractivity contribution in [1.29, 1.82) is 0 Å². The minimum atomic E-state index is 0.0354. The predicted octanol–water partition coefficient (Wildman–Crippen LogP) is 2.41. The molecule has 2 N–H and O–H groups in total. The summed E-state index contributed by atoms with van der Waals surface area (Å²) in [5, 5.41) is 6.42. The summed E-state index contributed by atoms with van der Waals surface area (Å²) < 4.78 is 1.09. The third kappa shape index (κ3) is 3.68. The van der Waals surface area contributed by atoms with Crippen molar-refractivity contribution in [2.24, 2.45) is 5.41 Å². The Bertz CT molecular complexity index is 428. The van der Waals surface area contributed by atoms with Crippen molar-refractivity contribution in [1.82, 2.24) is 10.6 Å². The van der Waals surface area contributed by atoms with Gasteiger partial charge < -0.3 is 10.6 Å². The topological polar surface area (TPSA) is 41.1 Å². The number of benzene rings is 1. The number of hydrogen-bond donors (Lipinski definition) is 2. The molecule has 0 saturated carbocycles. The first kappa shape index (κ1) is 13.8. The SMILES string of the molecule is CC1(CNC(=O)c2cccc(I)c2)CCNCC1. The second kappa shape index (κ2) is 6.02. The molecule has 1 saturated heterocycles. The van der Waals surface area contributed by atoms with Crippen LogP contribution in [0.4, 0.5) is 0 Å². The Morgan fingerprint density at radius 1 is 1.44 bits per heavy atom. The molecule has 1 aliphatic rings. The molecule has 3 nitrogen and oxygen atoms in total. The van der Waals surface area contributed by atoms with E-state index < -0.39 is 0 Å². The van der Waals surface area contributed by atoms with E-state index in [9.17, 15) is 4.79 Å². The molecule has 1 fully saturated rings. The van der Waals surface area contributed by atoms with Gasteiger partial charge in [0.1, 0.15) is 0 Å². The lowest BCUT2D eigenvalue weighted by Crippen LogP contribution is -2.42. The van der Waals surface area contributed by atoms with Crippen molar-refractivity contribution < 1.29 is 4.79 Å². The standard InChI is InChI=1S/C14H19IN2O/c1-14(5-7-16-8-6-14)10-17-13(18)11-3-2-4-12(15)9-11/h2-4,9,16H,5-8,10H2,1H3,(H,17,18). The zero-order chi connectivity index (χ0) is 13.0.